The maximum atomic E-state index is 14.2. The summed E-state index contributed by atoms with van der Waals surface area (Å²) in [4.78, 5) is 0. The number of fused-ring (bicyclic) bond motifs is 1. The molecule has 2 nitrogen and oxygen atoms in total. The molecule has 0 saturated carbocycles. The van der Waals surface area contributed by atoms with Gasteiger partial charge in [0.25, 0.3) is 0 Å². The lowest BCUT2D eigenvalue weighted by Crippen LogP contribution is -2.18. The van der Waals surface area contributed by atoms with Crippen LogP contribution in [0.2, 0.25) is 0 Å². The van der Waals surface area contributed by atoms with Gasteiger partial charge in [0.15, 0.2) is 11.4 Å². The highest BCUT2D eigenvalue weighted by atomic mass is 19.1. The Morgan fingerprint density at radius 1 is 1.05 bits per heavy atom. The van der Waals surface area contributed by atoms with Crippen molar-refractivity contribution in [2.45, 2.75) is 13.0 Å². The zero-order valence-electron chi connectivity index (χ0n) is 11.8. The lowest BCUT2D eigenvalue weighted by molar-refractivity contribution is 0.465. The topological polar surface area (TPSA) is 25.2 Å². The number of benzene rings is 2. The van der Waals surface area contributed by atoms with Crippen LogP contribution in [0.1, 0.15) is 22.9 Å². The van der Waals surface area contributed by atoms with Crippen molar-refractivity contribution >= 4 is 11.0 Å². The molecule has 1 N–H and O–H groups in total. The molecule has 4 heteroatoms. The van der Waals surface area contributed by atoms with Gasteiger partial charge in [-0.15, -0.1) is 0 Å². The lowest BCUT2D eigenvalue weighted by atomic mass is 10.0. The monoisotopic (exact) mass is 287 g/mol. The molecule has 1 atom stereocenters. The summed E-state index contributed by atoms with van der Waals surface area (Å²) in [6.07, 6.45) is 0. The van der Waals surface area contributed by atoms with Gasteiger partial charge in [-0.1, -0.05) is 24.3 Å². The number of rotatable bonds is 3. The van der Waals surface area contributed by atoms with Crippen LogP contribution in [0.15, 0.2) is 46.9 Å². The fourth-order valence-corrected chi connectivity index (χ4v) is 2.51. The van der Waals surface area contributed by atoms with Gasteiger partial charge in [0.2, 0.25) is 0 Å². The van der Waals surface area contributed by atoms with E-state index in [-0.39, 0.29) is 11.4 Å². The normalized spacial score (nSPS) is 12.8. The fraction of sp³-hybridized carbons (Fsp3) is 0.176. The van der Waals surface area contributed by atoms with E-state index >= 15 is 0 Å². The van der Waals surface area contributed by atoms with E-state index in [4.69, 9.17) is 4.42 Å². The summed E-state index contributed by atoms with van der Waals surface area (Å²) in [5.41, 5.74) is 1.52. The van der Waals surface area contributed by atoms with Crippen molar-refractivity contribution in [3.63, 3.8) is 0 Å². The van der Waals surface area contributed by atoms with Crippen molar-refractivity contribution in [3.8, 4) is 0 Å². The molecule has 3 rings (SSSR count). The second-order valence-corrected chi connectivity index (χ2v) is 5.05. The molecule has 0 aliphatic carbocycles. The van der Waals surface area contributed by atoms with Crippen molar-refractivity contribution in [1.29, 1.82) is 0 Å². The van der Waals surface area contributed by atoms with Crippen LogP contribution >= 0.6 is 0 Å². The van der Waals surface area contributed by atoms with Crippen LogP contribution in [-0.2, 0) is 0 Å². The summed E-state index contributed by atoms with van der Waals surface area (Å²) in [6, 6.07) is 11.0. The van der Waals surface area contributed by atoms with Crippen molar-refractivity contribution < 1.29 is 13.2 Å². The fourth-order valence-electron chi connectivity index (χ4n) is 2.51. The Kier molecular flexibility index (Phi) is 3.47. The van der Waals surface area contributed by atoms with E-state index in [0.29, 0.717) is 16.7 Å². The molecule has 3 aromatic rings. The lowest BCUT2D eigenvalue weighted by Gasteiger charge is -2.15. The van der Waals surface area contributed by atoms with Crippen LogP contribution in [-0.4, -0.2) is 7.05 Å². The van der Waals surface area contributed by atoms with Gasteiger partial charge in [-0.25, -0.2) is 8.78 Å². The van der Waals surface area contributed by atoms with Gasteiger partial charge in [0.05, 0.1) is 6.04 Å². The number of furan rings is 1. The first kappa shape index (κ1) is 13.8. The number of aryl methyl sites for hydroxylation is 1. The van der Waals surface area contributed by atoms with Crippen molar-refractivity contribution in [2.24, 2.45) is 0 Å². The van der Waals surface area contributed by atoms with E-state index in [0.717, 1.165) is 5.56 Å². The molecule has 0 amide bonds. The van der Waals surface area contributed by atoms with E-state index in [2.05, 4.69) is 5.32 Å². The predicted octanol–water partition coefficient (Wildman–Crippen LogP) is 4.33. The van der Waals surface area contributed by atoms with Crippen molar-refractivity contribution in [3.05, 3.63) is 71.0 Å². The summed E-state index contributed by atoms with van der Waals surface area (Å²) in [6.45, 7) is 1.83. The third-order valence-electron chi connectivity index (χ3n) is 3.56. The van der Waals surface area contributed by atoms with Crippen molar-refractivity contribution in [1.82, 2.24) is 5.32 Å². The van der Waals surface area contributed by atoms with Crippen molar-refractivity contribution in [2.75, 3.05) is 7.05 Å². The first-order chi connectivity index (χ1) is 10.1. The molecule has 108 valence electrons. The molecule has 0 spiro atoms. The molecule has 0 bridgehead atoms. The average molecular weight is 287 g/mol. The third kappa shape index (κ3) is 2.43. The van der Waals surface area contributed by atoms with E-state index in [1.54, 1.807) is 31.3 Å². The van der Waals surface area contributed by atoms with Crippen LogP contribution in [0, 0.1) is 18.6 Å². The molecule has 0 fully saturated rings. The smallest absolute Gasteiger partial charge is 0.169 e. The van der Waals surface area contributed by atoms with Crippen LogP contribution in [0.4, 0.5) is 8.78 Å². The predicted molar refractivity (Wildman–Crippen MR) is 78.2 cm³/mol. The minimum Gasteiger partial charge on any atom is -0.456 e. The molecular weight excluding hydrogens is 272 g/mol. The summed E-state index contributed by atoms with van der Waals surface area (Å²) >= 11 is 0. The SMILES string of the molecule is CNC(c1cc2cccc(F)c2o1)c1ccc(C)cc1F. The van der Waals surface area contributed by atoms with Crippen LogP contribution < -0.4 is 5.32 Å². The Labute approximate surface area is 121 Å². The Morgan fingerprint density at radius 3 is 2.52 bits per heavy atom. The highest BCUT2D eigenvalue weighted by Crippen LogP contribution is 2.30. The Hall–Kier alpha value is -2.20. The number of para-hydroxylation sites is 1. The van der Waals surface area contributed by atoms with Gasteiger partial charge < -0.3 is 9.73 Å². The summed E-state index contributed by atoms with van der Waals surface area (Å²) < 4.78 is 33.5. The number of hydrogen-bond donors (Lipinski definition) is 1. The summed E-state index contributed by atoms with van der Waals surface area (Å²) in [5, 5.41) is 3.68. The Morgan fingerprint density at radius 2 is 1.86 bits per heavy atom. The second-order valence-electron chi connectivity index (χ2n) is 5.05. The quantitative estimate of drug-likeness (QED) is 0.775. The largest absolute Gasteiger partial charge is 0.456 e. The van der Waals surface area contributed by atoms with E-state index in [1.807, 2.05) is 13.0 Å². The van der Waals surface area contributed by atoms with Gasteiger partial charge in [-0.2, -0.15) is 0 Å². The summed E-state index contributed by atoms with van der Waals surface area (Å²) in [5.74, 6) is -0.242. The van der Waals surface area contributed by atoms with E-state index < -0.39 is 11.9 Å². The molecule has 21 heavy (non-hydrogen) atoms. The van der Waals surface area contributed by atoms with Crippen LogP contribution in [0.3, 0.4) is 0 Å². The average Bonchev–Trinajstić information content (AvgIpc) is 2.87. The van der Waals surface area contributed by atoms with Gasteiger partial charge in [-0.05, 0) is 37.7 Å². The van der Waals surface area contributed by atoms with Crippen LogP contribution in [0.25, 0.3) is 11.0 Å². The van der Waals surface area contributed by atoms with Gasteiger partial charge in [0.1, 0.15) is 11.6 Å². The molecule has 2 aromatic carbocycles. The maximum absolute atomic E-state index is 14.2. The highest BCUT2D eigenvalue weighted by molar-refractivity contribution is 5.78. The molecule has 1 unspecified atom stereocenters. The second kappa shape index (κ2) is 5.30. The zero-order chi connectivity index (χ0) is 15.0. The maximum Gasteiger partial charge on any atom is 0.169 e. The molecule has 0 saturated heterocycles. The standard InChI is InChI=1S/C17H15F2NO/c1-10-6-7-12(14(19)8-10)16(20-2)15-9-11-4-3-5-13(18)17(11)21-15/h3-9,16,20H,1-2H3. The first-order valence-electron chi connectivity index (χ1n) is 6.71. The number of hydrogen-bond acceptors (Lipinski definition) is 2. The molecule has 1 heterocycles. The minimum atomic E-state index is -0.461. The summed E-state index contributed by atoms with van der Waals surface area (Å²) in [7, 11) is 1.72. The molecule has 0 radical (unpaired) electrons. The molecule has 1 aromatic heterocycles. The minimum absolute atomic E-state index is 0.195. The van der Waals surface area contributed by atoms with Gasteiger partial charge in [-0.3, -0.25) is 0 Å². The molecule has 0 aliphatic heterocycles. The Balaban J connectivity index is 2.11. The zero-order valence-corrected chi connectivity index (χ0v) is 11.8. The molecular formula is C17H15F2NO. The Bertz CT molecular complexity index is 795. The first-order valence-corrected chi connectivity index (χ1v) is 6.71. The number of halogens is 2. The highest BCUT2D eigenvalue weighted by Gasteiger charge is 2.21. The van der Waals surface area contributed by atoms with Gasteiger partial charge in [0, 0.05) is 10.9 Å². The van der Waals surface area contributed by atoms with E-state index in [9.17, 15) is 8.78 Å². The van der Waals surface area contributed by atoms with Gasteiger partial charge >= 0.3 is 0 Å². The molecule has 0 aliphatic rings. The van der Waals surface area contributed by atoms with Crippen LogP contribution in [0.5, 0.6) is 0 Å². The third-order valence-corrected chi connectivity index (χ3v) is 3.56. The number of nitrogens with one attached hydrogen (secondary N) is 1. The van der Waals surface area contributed by atoms with E-state index in [1.165, 1.54) is 12.1 Å².